The average molecular weight is 262 g/mol. The van der Waals surface area contributed by atoms with Gasteiger partial charge in [0.05, 0.1) is 13.2 Å². The molecule has 0 unspecified atom stereocenters. The Balaban J connectivity index is 2.12. The minimum Gasteiger partial charge on any atom is -0.497 e. The fourth-order valence-corrected chi connectivity index (χ4v) is 2.36. The average Bonchev–Trinajstić information content (AvgIpc) is 2.97. The topological polar surface area (TPSA) is 62.9 Å². The molecule has 0 atom stereocenters. The zero-order valence-corrected chi connectivity index (χ0v) is 11.6. The smallest absolute Gasteiger partial charge is 0.212 e. The van der Waals surface area contributed by atoms with Crippen LogP contribution in [0.15, 0.2) is 29.3 Å². The van der Waals surface area contributed by atoms with Gasteiger partial charge in [-0.25, -0.2) is 10.8 Å². The lowest BCUT2D eigenvalue weighted by molar-refractivity contribution is 0.415. The lowest BCUT2D eigenvalue weighted by Crippen LogP contribution is -2.43. The molecule has 1 fully saturated rings. The van der Waals surface area contributed by atoms with E-state index in [-0.39, 0.29) is 0 Å². The Bertz CT molecular complexity index is 424. The molecule has 0 aliphatic heterocycles. The number of hydrazine groups is 1. The monoisotopic (exact) mass is 262 g/mol. The van der Waals surface area contributed by atoms with E-state index in [0.717, 1.165) is 24.3 Å². The third-order valence-corrected chi connectivity index (χ3v) is 3.54. The van der Waals surface area contributed by atoms with Gasteiger partial charge in [-0.2, -0.15) is 0 Å². The van der Waals surface area contributed by atoms with Gasteiger partial charge in [-0.15, -0.1) is 0 Å². The van der Waals surface area contributed by atoms with Gasteiger partial charge in [-0.1, -0.05) is 12.8 Å². The van der Waals surface area contributed by atoms with Crippen molar-refractivity contribution in [2.75, 3.05) is 19.1 Å². The molecule has 1 aliphatic carbocycles. The van der Waals surface area contributed by atoms with Crippen LogP contribution >= 0.6 is 0 Å². The van der Waals surface area contributed by atoms with Gasteiger partial charge in [0, 0.05) is 12.7 Å². The molecule has 0 amide bonds. The van der Waals surface area contributed by atoms with Crippen molar-refractivity contribution in [3.8, 4) is 5.75 Å². The van der Waals surface area contributed by atoms with Crippen LogP contribution in [0.2, 0.25) is 0 Å². The van der Waals surface area contributed by atoms with Crippen LogP contribution < -0.4 is 20.9 Å². The summed E-state index contributed by atoms with van der Waals surface area (Å²) < 4.78 is 5.15. The second-order valence-electron chi connectivity index (χ2n) is 4.79. The summed E-state index contributed by atoms with van der Waals surface area (Å²) in [5.74, 6) is 7.14. The Morgan fingerprint density at radius 3 is 2.47 bits per heavy atom. The number of benzene rings is 1. The highest BCUT2D eigenvalue weighted by Gasteiger charge is 2.16. The maximum Gasteiger partial charge on any atom is 0.212 e. The second-order valence-corrected chi connectivity index (χ2v) is 4.79. The Morgan fingerprint density at radius 2 is 1.95 bits per heavy atom. The van der Waals surface area contributed by atoms with Crippen LogP contribution in [-0.4, -0.2) is 26.2 Å². The molecule has 1 aromatic carbocycles. The summed E-state index contributed by atoms with van der Waals surface area (Å²) in [6.07, 6.45) is 4.83. The number of ether oxygens (including phenoxy) is 1. The van der Waals surface area contributed by atoms with E-state index < -0.39 is 0 Å². The number of nitrogens with zero attached hydrogens (tertiary/aromatic N) is 2. The summed E-state index contributed by atoms with van der Waals surface area (Å²) in [7, 11) is 3.61. The predicted molar refractivity (Wildman–Crippen MR) is 78.4 cm³/mol. The van der Waals surface area contributed by atoms with Crippen molar-refractivity contribution in [3.63, 3.8) is 0 Å². The second kappa shape index (κ2) is 6.43. The number of guanidine groups is 1. The first-order valence-corrected chi connectivity index (χ1v) is 6.67. The van der Waals surface area contributed by atoms with Gasteiger partial charge in [0.25, 0.3) is 0 Å². The van der Waals surface area contributed by atoms with Gasteiger partial charge in [0.1, 0.15) is 5.75 Å². The largest absolute Gasteiger partial charge is 0.497 e. The highest BCUT2D eigenvalue weighted by atomic mass is 16.5. The molecule has 0 radical (unpaired) electrons. The Kier molecular flexibility index (Phi) is 4.63. The van der Waals surface area contributed by atoms with E-state index in [9.17, 15) is 0 Å². The number of nitrogens with two attached hydrogens (primary N) is 1. The lowest BCUT2D eigenvalue weighted by Gasteiger charge is -2.22. The van der Waals surface area contributed by atoms with Crippen molar-refractivity contribution in [3.05, 3.63) is 24.3 Å². The molecule has 0 saturated heterocycles. The molecule has 19 heavy (non-hydrogen) atoms. The number of methoxy groups -OCH3 is 1. The number of hydrogen-bond donors (Lipinski definition) is 2. The molecule has 1 aromatic rings. The van der Waals surface area contributed by atoms with Crippen LogP contribution in [0.1, 0.15) is 25.7 Å². The number of aliphatic imine (C=N–C) groups is 1. The van der Waals surface area contributed by atoms with Gasteiger partial charge < -0.3 is 9.64 Å². The van der Waals surface area contributed by atoms with Crippen molar-refractivity contribution in [1.82, 2.24) is 5.43 Å². The zero-order valence-electron chi connectivity index (χ0n) is 11.6. The van der Waals surface area contributed by atoms with Gasteiger partial charge in [-0.05, 0) is 37.1 Å². The van der Waals surface area contributed by atoms with Gasteiger partial charge in [-0.3, -0.25) is 5.43 Å². The highest BCUT2D eigenvalue weighted by molar-refractivity contribution is 5.95. The highest BCUT2D eigenvalue weighted by Crippen LogP contribution is 2.22. The van der Waals surface area contributed by atoms with Crippen LogP contribution in [-0.2, 0) is 0 Å². The summed E-state index contributed by atoms with van der Waals surface area (Å²) in [6.45, 7) is 0. The molecule has 1 aliphatic rings. The maximum atomic E-state index is 5.60. The first-order chi connectivity index (χ1) is 9.24. The Labute approximate surface area is 114 Å². The molecule has 2 rings (SSSR count). The molecule has 0 heterocycles. The first-order valence-electron chi connectivity index (χ1n) is 6.67. The summed E-state index contributed by atoms with van der Waals surface area (Å²) >= 11 is 0. The summed E-state index contributed by atoms with van der Waals surface area (Å²) in [4.78, 5) is 6.64. The van der Waals surface area contributed by atoms with Crippen LogP contribution in [0.25, 0.3) is 0 Å². The number of nitrogens with one attached hydrogen (secondary N) is 1. The number of rotatable bonds is 3. The van der Waals surface area contributed by atoms with Gasteiger partial charge in [0.2, 0.25) is 5.96 Å². The van der Waals surface area contributed by atoms with Gasteiger partial charge >= 0.3 is 0 Å². The van der Waals surface area contributed by atoms with Crippen LogP contribution in [0.4, 0.5) is 5.69 Å². The van der Waals surface area contributed by atoms with E-state index in [1.165, 1.54) is 12.8 Å². The number of hydrogen-bond acceptors (Lipinski definition) is 3. The summed E-state index contributed by atoms with van der Waals surface area (Å²) in [5.41, 5.74) is 3.72. The van der Waals surface area contributed by atoms with Crippen LogP contribution in [0.3, 0.4) is 0 Å². The molecule has 0 aromatic heterocycles. The van der Waals surface area contributed by atoms with E-state index in [4.69, 9.17) is 10.6 Å². The molecule has 104 valence electrons. The normalized spacial score (nSPS) is 16.5. The van der Waals surface area contributed by atoms with E-state index in [1.54, 1.807) is 7.11 Å². The third kappa shape index (κ3) is 3.38. The third-order valence-electron chi connectivity index (χ3n) is 3.54. The van der Waals surface area contributed by atoms with Crippen molar-refractivity contribution in [2.45, 2.75) is 31.7 Å². The molecule has 3 N–H and O–H groups in total. The number of anilines is 1. The van der Waals surface area contributed by atoms with E-state index in [2.05, 4.69) is 10.4 Å². The van der Waals surface area contributed by atoms with E-state index in [0.29, 0.717) is 12.0 Å². The minimum atomic E-state index is 0.395. The van der Waals surface area contributed by atoms with Crippen molar-refractivity contribution in [1.29, 1.82) is 0 Å². The van der Waals surface area contributed by atoms with Gasteiger partial charge in [0.15, 0.2) is 0 Å². The molecule has 5 nitrogen and oxygen atoms in total. The minimum absolute atomic E-state index is 0.395. The van der Waals surface area contributed by atoms with Crippen LogP contribution in [0, 0.1) is 0 Å². The Hall–Kier alpha value is -1.75. The quantitative estimate of drug-likeness (QED) is 0.378. The molecule has 1 saturated carbocycles. The molecular formula is C14H22N4O. The Morgan fingerprint density at radius 1 is 1.32 bits per heavy atom. The van der Waals surface area contributed by atoms with E-state index in [1.807, 2.05) is 36.2 Å². The van der Waals surface area contributed by atoms with Crippen molar-refractivity contribution < 1.29 is 4.74 Å². The fourth-order valence-electron chi connectivity index (χ4n) is 2.36. The molecule has 0 bridgehead atoms. The molecule has 5 heteroatoms. The van der Waals surface area contributed by atoms with E-state index >= 15 is 0 Å². The standard InChI is InChI=1S/C14H22N4O/c1-18(12-7-9-13(19-2)10-8-12)14(17-15)16-11-5-3-4-6-11/h7-11H,3-6,15H2,1-2H3,(H,16,17). The SMILES string of the molecule is COc1ccc(N(C)C(=NC2CCCC2)NN)cc1. The molecular weight excluding hydrogens is 240 g/mol. The first kappa shape index (κ1) is 13.7. The summed E-state index contributed by atoms with van der Waals surface area (Å²) in [6, 6.07) is 8.22. The lowest BCUT2D eigenvalue weighted by atomic mass is 10.2. The zero-order chi connectivity index (χ0) is 13.7. The predicted octanol–water partition coefficient (Wildman–Crippen LogP) is 1.89. The van der Waals surface area contributed by atoms with Crippen molar-refractivity contribution >= 4 is 11.6 Å². The fraction of sp³-hybridized carbons (Fsp3) is 0.500. The maximum absolute atomic E-state index is 5.60. The molecule has 0 spiro atoms. The summed E-state index contributed by atoms with van der Waals surface area (Å²) in [5, 5.41) is 0. The van der Waals surface area contributed by atoms with Crippen LogP contribution in [0.5, 0.6) is 5.75 Å². The van der Waals surface area contributed by atoms with Crippen molar-refractivity contribution in [2.24, 2.45) is 10.8 Å².